The van der Waals surface area contributed by atoms with Crippen molar-refractivity contribution in [1.82, 2.24) is 5.43 Å². The van der Waals surface area contributed by atoms with Gasteiger partial charge in [-0.2, -0.15) is 10.4 Å². The highest BCUT2D eigenvalue weighted by atomic mass is 79.9. The van der Waals surface area contributed by atoms with Crippen molar-refractivity contribution in [2.24, 2.45) is 5.10 Å². The largest absolute Gasteiger partial charge is 0.494 e. The van der Waals surface area contributed by atoms with Crippen molar-refractivity contribution in [3.8, 4) is 17.6 Å². The molecule has 1 aromatic heterocycles. The summed E-state index contributed by atoms with van der Waals surface area (Å²) in [7, 11) is 0. The van der Waals surface area contributed by atoms with Gasteiger partial charge in [0, 0.05) is 10.9 Å². The monoisotopic (exact) mass is 551 g/mol. The second kappa shape index (κ2) is 11.1. The molecule has 0 spiro atoms. The molecule has 1 amide bonds. The van der Waals surface area contributed by atoms with Crippen molar-refractivity contribution in [2.45, 2.75) is 13.5 Å². The van der Waals surface area contributed by atoms with Gasteiger partial charge in [-0.15, -0.1) is 0 Å². The van der Waals surface area contributed by atoms with E-state index in [1.807, 2.05) is 25.1 Å². The fourth-order valence-corrected chi connectivity index (χ4v) is 4.30. The number of halogens is 2. The van der Waals surface area contributed by atoms with Crippen molar-refractivity contribution in [3.63, 3.8) is 0 Å². The van der Waals surface area contributed by atoms with Crippen LogP contribution in [0, 0.1) is 11.3 Å². The molecule has 0 unspecified atom stereocenters. The standard InChI is InChI=1S/C26H19BrClN3O4/c1-2-33-20-7-8-23-19(11-20)12-24(35-23)26(32)31-30-14-16-9-21(27)25(22(28)10-16)34-15-18-6-4-3-5-17(18)13-29/h3-12,14H,2,15H2,1H3,(H,31,32)/b30-14+. The highest BCUT2D eigenvalue weighted by molar-refractivity contribution is 9.10. The number of nitriles is 1. The Morgan fingerprint density at radius 2 is 2.03 bits per heavy atom. The van der Waals surface area contributed by atoms with Crippen LogP contribution in [0.3, 0.4) is 0 Å². The number of carbonyl (C=O) groups excluding carboxylic acids is 1. The van der Waals surface area contributed by atoms with Crippen LogP contribution in [0.15, 0.2) is 74.7 Å². The number of hydrogen-bond acceptors (Lipinski definition) is 6. The summed E-state index contributed by atoms with van der Waals surface area (Å²) >= 11 is 9.85. The smallest absolute Gasteiger partial charge is 0.307 e. The van der Waals surface area contributed by atoms with E-state index in [9.17, 15) is 10.1 Å². The maximum absolute atomic E-state index is 12.4. The zero-order chi connectivity index (χ0) is 24.8. The summed E-state index contributed by atoms with van der Waals surface area (Å²) in [6, 6.07) is 19.7. The first-order chi connectivity index (χ1) is 17.0. The normalized spacial score (nSPS) is 10.9. The molecule has 176 valence electrons. The van der Waals surface area contributed by atoms with E-state index in [0.717, 1.165) is 10.9 Å². The van der Waals surface area contributed by atoms with Gasteiger partial charge in [-0.1, -0.05) is 29.8 Å². The predicted octanol–water partition coefficient (Wildman–Crippen LogP) is 6.46. The third-order valence-electron chi connectivity index (χ3n) is 4.93. The van der Waals surface area contributed by atoms with Crippen molar-refractivity contribution in [1.29, 1.82) is 5.26 Å². The molecule has 3 aromatic carbocycles. The molecular formula is C26H19BrClN3O4. The van der Waals surface area contributed by atoms with Crippen LogP contribution in [0.5, 0.6) is 11.5 Å². The Morgan fingerprint density at radius 3 is 2.80 bits per heavy atom. The first-order valence-electron chi connectivity index (χ1n) is 10.6. The lowest BCUT2D eigenvalue weighted by Crippen LogP contribution is -2.16. The molecular weight excluding hydrogens is 534 g/mol. The topological polar surface area (TPSA) is 96.8 Å². The summed E-state index contributed by atoms with van der Waals surface area (Å²) < 4.78 is 17.5. The Morgan fingerprint density at radius 1 is 1.20 bits per heavy atom. The minimum Gasteiger partial charge on any atom is -0.494 e. The van der Waals surface area contributed by atoms with Gasteiger partial charge in [0.05, 0.1) is 33.9 Å². The fourth-order valence-electron chi connectivity index (χ4n) is 3.31. The number of benzene rings is 3. The van der Waals surface area contributed by atoms with Crippen molar-refractivity contribution < 1.29 is 18.7 Å². The van der Waals surface area contributed by atoms with Crippen molar-refractivity contribution in [3.05, 3.63) is 92.6 Å². The summed E-state index contributed by atoms with van der Waals surface area (Å²) in [6.45, 7) is 2.64. The number of nitrogens with zero attached hydrogens (tertiary/aromatic N) is 2. The lowest BCUT2D eigenvalue weighted by atomic mass is 10.1. The maximum atomic E-state index is 12.4. The van der Waals surface area contributed by atoms with E-state index < -0.39 is 5.91 Å². The quantitative estimate of drug-likeness (QED) is 0.200. The molecule has 0 atom stereocenters. The molecule has 0 aliphatic carbocycles. The van der Waals surface area contributed by atoms with Gasteiger partial charge in [0.15, 0.2) is 11.5 Å². The van der Waals surface area contributed by atoms with Crippen molar-refractivity contribution in [2.75, 3.05) is 6.61 Å². The maximum Gasteiger partial charge on any atom is 0.307 e. The summed E-state index contributed by atoms with van der Waals surface area (Å²) in [6.07, 6.45) is 1.46. The molecule has 35 heavy (non-hydrogen) atoms. The zero-order valence-corrected chi connectivity index (χ0v) is 20.9. The van der Waals surface area contributed by atoms with Crippen LogP contribution in [0.2, 0.25) is 5.02 Å². The van der Waals surface area contributed by atoms with E-state index in [1.165, 1.54) is 6.21 Å². The molecule has 0 saturated carbocycles. The van der Waals surface area contributed by atoms with Gasteiger partial charge in [-0.05, 0) is 70.9 Å². The molecule has 0 radical (unpaired) electrons. The number of ether oxygens (including phenoxy) is 2. The van der Waals surface area contributed by atoms with Crippen molar-refractivity contribution >= 4 is 50.6 Å². The Labute approximate surface area is 215 Å². The van der Waals surface area contributed by atoms with Crippen LogP contribution >= 0.6 is 27.5 Å². The number of hydrogen-bond donors (Lipinski definition) is 1. The molecule has 1 heterocycles. The van der Waals surface area contributed by atoms with Gasteiger partial charge in [-0.25, -0.2) is 5.43 Å². The van der Waals surface area contributed by atoms with Crippen LogP contribution in [-0.4, -0.2) is 18.7 Å². The first kappa shape index (κ1) is 24.3. The SMILES string of the molecule is CCOc1ccc2oc(C(=O)N/N=C/c3cc(Cl)c(OCc4ccccc4C#N)c(Br)c3)cc2c1. The summed E-state index contributed by atoms with van der Waals surface area (Å²) in [4.78, 5) is 12.4. The number of fused-ring (bicyclic) bond motifs is 1. The Hall–Kier alpha value is -3.80. The molecule has 4 rings (SSSR count). The van der Waals surface area contributed by atoms with E-state index in [0.29, 0.717) is 44.3 Å². The number of furan rings is 1. The Bertz CT molecular complexity index is 1440. The summed E-state index contributed by atoms with van der Waals surface area (Å²) in [5.41, 5.74) is 4.95. The highest BCUT2D eigenvalue weighted by Crippen LogP contribution is 2.35. The highest BCUT2D eigenvalue weighted by Gasteiger charge is 2.13. The summed E-state index contributed by atoms with van der Waals surface area (Å²) in [5.74, 6) is 0.785. The lowest BCUT2D eigenvalue weighted by molar-refractivity contribution is 0.0929. The zero-order valence-electron chi connectivity index (χ0n) is 18.5. The molecule has 0 bridgehead atoms. The average molecular weight is 553 g/mol. The van der Waals surface area contributed by atoms with Gasteiger partial charge >= 0.3 is 5.91 Å². The van der Waals surface area contributed by atoms with Gasteiger partial charge in [-0.3, -0.25) is 4.79 Å². The van der Waals surface area contributed by atoms with Gasteiger partial charge in [0.1, 0.15) is 17.9 Å². The number of carbonyl (C=O) groups is 1. The van der Waals surface area contributed by atoms with E-state index in [-0.39, 0.29) is 12.4 Å². The molecule has 4 aromatic rings. The third kappa shape index (κ3) is 5.83. The molecule has 0 aliphatic heterocycles. The predicted molar refractivity (Wildman–Crippen MR) is 137 cm³/mol. The average Bonchev–Trinajstić information content (AvgIpc) is 3.27. The molecule has 0 aliphatic rings. The summed E-state index contributed by atoms with van der Waals surface area (Å²) in [5, 5.41) is 14.3. The Kier molecular flexibility index (Phi) is 7.70. The fraction of sp³-hybridized carbons (Fsp3) is 0.115. The Balaban J connectivity index is 1.41. The molecule has 1 N–H and O–H groups in total. The number of rotatable bonds is 8. The lowest BCUT2D eigenvalue weighted by Gasteiger charge is -2.12. The number of hydrazone groups is 1. The van der Waals surface area contributed by atoms with Crippen LogP contribution in [-0.2, 0) is 6.61 Å². The van der Waals surface area contributed by atoms with Crippen LogP contribution in [0.1, 0.15) is 34.2 Å². The number of nitrogens with one attached hydrogen (secondary N) is 1. The van der Waals surface area contributed by atoms with E-state index >= 15 is 0 Å². The molecule has 7 nitrogen and oxygen atoms in total. The second-order valence-corrected chi connectivity index (χ2v) is 8.58. The first-order valence-corrected chi connectivity index (χ1v) is 11.7. The van der Waals surface area contributed by atoms with Gasteiger partial charge < -0.3 is 13.9 Å². The van der Waals surface area contributed by atoms with Crippen LogP contribution in [0.4, 0.5) is 0 Å². The van der Waals surface area contributed by atoms with Crippen LogP contribution < -0.4 is 14.9 Å². The molecule has 0 fully saturated rings. The molecule has 9 heteroatoms. The second-order valence-electron chi connectivity index (χ2n) is 7.31. The minimum atomic E-state index is -0.489. The minimum absolute atomic E-state index is 0.131. The van der Waals surface area contributed by atoms with Crippen LogP contribution in [0.25, 0.3) is 11.0 Å². The van der Waals surface area contributed by atoms with Gasteiger partial charge in [0.2, 0.25) is 0 Å². The van der Waals surface area contributed by atoms with E-state index in [1.54, 1.807) is 42.5 Å². The number of amides is 1. The van der Waals surface area contributed by atoms with Gasteiger partial charge in [0.25, 0.3) is 0 Å². The molecule has 0 saturated heterocycles. The van der Waals surface area contributed by atoms with E-state index in [4.69, 9.17) is 25.5 Å². The van der Waals surface area contributed by atoms with E-state index in [2.05, 4.69) is 32.5 Å². The third-order valence-corrected chi connectivity index (χ3v) is 5.80.